The van der Waals surface area contributed by atoms with Crippen LogP contribution in [-0.2, 0) is 0 Å². The van der Waals surface area contributed by atoms with Gasteiger partial charge in [0.2, 0.25) is 0 Å². The summed E-state index contributed by atoms with van der Waals surface area (Å²) in [6.07, 6.45) is 21.8. The monoisotopic (exact) mass is 233 g/mol. The van der Waals surface area contributed by atoms with E-state index in [2.05, 4.69) is 68.9 Å². The van der Waals surface area contributed by atoms with E-state index in [1.54, 1.807) is 0 Å². The minimum absolute atomic E-state index is 0.101. The van der Waals surface area contributed by atoms with Gasteiger partial charge in [-0.25, -0.2) is 0 Å². The van der Waals surface area contributed by atoms with Gasteiger partial charge in [0.05, 0.1) is 17.9 Å². The summed E-state index contributed by atoms with van der Waals surface area (Å²) in [6.45, 7) is 4.81. The van der Waals surface area contributed by atoms with E-state index in [0.29, 0.717) is 0 Å². The molecule has 18 heavy (non-hydrogen) atoms. The molecule has 0 saturated heterocycles. The molecule has 4 aliphatic rings. The van der Waals surface area contributed by atoms with Crippen LogP contribution in [0.1, 0.15) is 20.3 Å². The van der Waals surface area contributed by atoms with Crippen molar-refractivity contribution in [2.45, 2.75) is 20.3 Å². The standard InChI is InChI=1S/C18H17/c1-17-13-5-3-6-14(17)10-12-16-8-4-7-15(11-9-13)18(16,17)2/h3,5-12H,4H2,1-2H3/q+1/t17-,18-. The molecule has 88 valence electrons. The molecule has 0 radical (unpaired) electrons. The highest BCUT2D eigenvalue weighted by molar-refractivity contribution is 5.65. The number of rotatable bonds is 0. The molecule has 4 rings (SSSR count). The Morgan fingerprint density at radius 2 is 1.67 bits per heavy atom. The van der Waals surface area contributed by atoms with Gasteiger partial charge in [0, 0.05) is 17.9 Å². The van der Waals surface area contributed by atoms with Crippen molar-refractivity contribution in [2.75, 3.05) is 0 Å². The van der Waals surface area contributed by atoms with E-state index in [-0.39, 0.29) is 10.8 Å². The van der Waals surface area contributed by atoms with Gasteiger partial charge in [0.15, 0.2) is 0 Å². The van der Waals surface area contributed by atoms with E-state index < -0.39 is 0 Å². The molecule has 0 heteroatoms. The van der Waals surface area contributed by atoms with Crippen LogP contribution in [0.2, 0.25) is 0 Å². The van der Waals surface area contributed by atoms with E-state index in [4.69, 9.17) is 0 Å². The predicted molar refractivity (Wildman–Crippen MR) is 75.7 cm³/mol. The van der Waals surface area contributed by atoms with E-state index in [0.717, 1.165) is 6.42 Å². The van der Waals surface area contributed by atoms with Crippen LogP contribution in [0.3, 0.4) is 0 Å². The lowest BCUT2D eigenvalue weighted by Gasteiger charge is -2.53. The minimum Gasteiger partial charge on any atom is -0.0616 e. The van der Waals surface area contributed by atoms with Crippen molar-refractivity contribution in [2.24, 2.45) is 10.8 Å². The highest BCUT2D eigenvalue weighted by atomic mass is 14.6. The van der Waals surface area contributed by atoms with Gasteiger partial charge in [-0.1, -0.05) is 43.4 Å². The SMILES string of the molecule is C[C@@]12C3=CC=CC1=CC=C1[CH+]CC=C(C=C3)[C@]12C. The van der Waals surface area contributed by atoms with Crippen LogP contribution in [0.15, 0.2) is 70.9 Å². The molecule has 0 bridgehead atoms. The first-order valence-electron chi connectivity index (χ1n) is 6.71. The molecule has 0 aliphatic heterocycles. The second kappa shape index (κ2) is 3.00. The Hall–Kier alpha value is -1.69. The highest BCUT2D eigenvalue weighted by Crippen LogP contribution is 2.65. The van der Waals surface area contributed by atoms with Crippen molar-refractivity contribution in [3.8, 4) is 0 Å². The largest absolute Gasteiger partial charge is 0.119 e. The maximum Gasteiger partial charge on any atom is 0.119 e. The van der Waals surface area contributed by atoms with Gasteiger partial charge < -0.3 is 0 Å². The van der Waals surface area contributed by atoms with Gasteiger partial charge in [-0.3, -0.25) is 0 Å². The predicted octanol–water partition coefficient (Wildman–Crippen LogP) is 4.47. The van der Waals surface area contributed by atoms with Crippen LogP contribution in [0, 0.1) is 17.3 Å². The zero-order valence-electron chi connectivity index (χ0n) is 10.9. The molecule has 0 aromatic heterocycles. The third-order valence-corrected chi connectivity index (χ3v) is 5.42. The molecule has 0 aromatic rings. The summed E-state index contributed by atoms with van der Waals surface area (Å²) in [7, 11) is 0. The Kier molecular flexibility index (Phi) is 1.71. The Morgan fingerprint density at radius 1 is 0.889 bits per heavy atom. The van der Waals surface area contributed by atoms with Crippen LogP contribution in [0.25, 0.3) is 0 Å². The van der Waals surface area contributed by atoms with Gasteiger partial charge in [0.1, 0.15) is 5.57 Å². The van der Waals surface area contributed by atoms with Crippen molar-refractivity contribution < 1.29 is 0 Å². The quantitative estimate of drug-likeness (QED) is 0.542. The fraction of sp³-hybridized carbons (Fsp3) is 0.278. The van der Waals surface area contributed by atoms with Gasteiger partial charge in [-0.05, 0) is 23.6 Å². The minimum atomic E-state index is 0.101. The van der Waals surface area contributed by atoms with Crippen molar-refractivity contribution >= 4 is 0 Å². The maximum absolute atomic E-state index is 2.41. The molecule has 0 unspecified atom stereocenters. The molecule has 0 N–H and O–H groups in total. The Labute approximate surface area is 109 Å². The van der Waals surface area contributed by atoms with Crippen LogP contribution < -0.4 is 0 Å². The highest BCUT2D eigenvalue weighted by Gasteiger charge is 2.59. The van der Waals surface area contributed by atoms with Crippen molar-refractivity contribution in [1.82, 2.24) is 0 Å². The van der Waals surface area contributed by atoms with E-state index >= 15 is 0 Å². The van der Waals surface area contributed by atoms with Gasteiger partial charge in [-0.2, -0.15) is 0 Å². The van der Waals surface area contributed by atoms with Crippen LogP contribution >= 0.6 is 0 Å². The normalized spacial score (nSPS) is 39.0. The summed E-state index contributed by atoms with van der Waals surface area (Å²) in [5.74, 6) is 0. The Morgan fingerprint density at radius 3 is 2.56 bits per heavy atom. The topological polar surface area (TPSA) is 0 Å². The summed E-state index contributed by atoms with van der Waals surface area (Å²) < 4.78 is 0. The zero-order chi connectivity index (χ0) is 12.4. The van der Waals surface area contributed by atoms with Crippen LogP contribution in [-0.4, -0.2) is 0 Å². The summed E-state index contributed by atoms with van der Waals surface area (Å²) in [5.41, 5.74) is 6.06. The first-order valence-corrected chi connectivity index (χ1v) is 6.71. The van der Waals surface area contributed by atoms with Gasteiger partial charge in [-0.15, -0.1) is 0 Å². The van der Waals surface area contributed by atoms with Gasteiger partial charge >= 0.3 is 0 Å². The summed E-state index contributed by atoms with van der Waals surface area (Å²) >= 11 is 0. The number of allylic oxidation sites excluding steroid dienone is 12. The fourth-order valence-corrected chi connectivity index (χ4v) is 4.07. The second-order valence-electron chi connectivity index (χ2n) is 5.91. The lowest BCUT2D eigenvalue weighted by Crippen LogP contribution is -2.47. The van der Waals surface area contributed by atoms with Crippen LogP contribution in [0.5, 0.6) is 0 Å². The molecule has 0 saturated carbocycles. The van der Waals surface area contributed by atoms with E-state index in [9.17, 15) is 0 Å². The molecule has 2 atom stereocenters. The van der Waals surface area contributed by atoms with Crippen LogP contribution in [0.4, 0.5) is 0 Å². The molecular formula is C18H17+. The van der Waals surface area contributed by atoms with Crippen molar-refractivity contribution in [3.05, 3.63) is 77.3 Å². The zero-order valence-corrected chi connectivity index (χ0v) is 10.9. The summed E-state index contributed by atoms with van der Waals surface area (Å²) in [4.78, 5) is 0. The molecule has 0 nitrogen and oxygen atoms in total. The first-order chi connectivity index (χ1) is 8.67. The first kappa shape index (κ1) is 10.3. The number of hydrogen-bond acceptors (Lipinski definition) is 0. The molecule has 0 spiro atoms. The average Bonchev–Trinajstić information content (AvgIpc) is 2.37. The molecule has 0 fully saturated rings. The van der Waals surface area contributed by atoms with Gasteiger partial charge in [0.25, 0.3) is 0 Å². The Balaban J connectivity index is 2.13. The number of hydrogen-bond donors (Lipinski definition) is 0. The van der Waals surface area contributed by atoms with Crippen molar-refractivity contribution in [1.29, 1.82) is 0 Å². The molecule has 0 aromatic carbocycles. The second-order valence-corrected chi connectivity index (χ2v) is 5.91. The third kappa shape index (κ3) is 0.892. The lowest BCUT2D eigenvalue weighted by atomic mass is 9.46. The molecule has 0 amide bonds. The molecular weight excluding hydrogens is 216 g/mol. The summed E-state index contributed by atoms with van der Waals surface area (Å²) in [5, 5.41) is 0. The third-order valence-electron chi connectivity index (χ3n) is 5.42. The fourth-order valence-electron chi connectivity index (χ4n) is 4.07. The smallest absolute Gasteiger partial charge is 0.0616 e. The Bertz CT molecular complexity index is 616. The van der Waals surface area contributed by atoms with E-state index in [1.807, 2.05) is 0 Å². The van der Waals surface area contributed by atoms with E-state index in [1.165, 1.54) is 22.3 Å². The average molecular weight is 233 g/mol. The lowest BCUT2D eigenvalue weighted by molar-refractivity contribution is 0.243. The molecule has 4 aliphatic carbocycles. The maximum atomic E-state index is 2.41. The summed E-state index contributed by atoms with van der Waals surface area (Å²) in [6, 6.07) is 0. The van der Waals surface area contributed by atoms with Crippen molar-refractivity contribution in [3.63, 3.8) is 0 Å². The molecule has 0 heterocycles.